The average Bonchev–Trinajstić information content (AvgIpc) is 2.67. The number of hydrogen-bond acceptors (Lipinski definition) is 4. The van der Waals surface area contributed by atoms with E-state index in [0.29, 0.717) is 6.54 Å². The van der Waals surface area contributed by atoms with Crippen molar-refractivity contribution in [3.63, 3.8) is 0 Å². The van der Waals surface area contributed by atoms with Gasteiger partial charge in [-0.1, -0.05) is 48.5 Å². The molecule has 0 fully saturated rings. The van der Waals surface area contributed by atoms with Crippen molar-refractivity contribution in [2.75, 3.05) is 5.01 Å². The molecule has 0 aliphatic heterocycles. The molecule has 0 unspecified atom stereocenters. The zero-order valence-electron chi connectivity index (χ0n) is 13.5. The van der Waals surface area contributed by atoms with Crippen molar-refractivity contribution in [2.45, 2.75) is 6.54 Å². The van der Waals surface area contributed by atoms with Gasteiger partial charge in [-0.25, -0.2) is 0 Å². The molecule has 0 heterocycles. The Labute approximate surface area is 146 Å². The van der Waals surface area contributed by atoms with Crippen LogP contribution in [0.2, 0.25) is 0 Å². The molecule has 3 rings (SSSR count). The number of benzene rings is 3. The molecule has 0 atom stereocenters. The van der Waals surface area contributed by atoms with Crippen molar-refractivity contribution in [1.82, 2.24) is 0 Å². The van der Waals surface area contributed by atoms with Gasteiger partial charge in [0, 0.05) is 12.1 Å². The third kappa shape index (κ3) is 4.51. The van der Waals surface area contributed by atoms with Gasteiger partial charge in [0.25, 0.3) is 5.69 Å². The lowest BCUT2D eigenvalue weighted by atomic mass is 10.2. The van der Waals surface area contributed by atoms with Crippen molar-refractivity contribution in [3.05, 3.63) is 106 Å². The first kappa shape index (κ1) is 16.4. The molecule has 3 aromatic rings. The van der Waals surface area contributed by atoms with E-state index in [2.05, 4.69) is 17.2 Å². The molecule has 0 radical (unpaired) electrons. The summed E-state index contributed by atoms with van der Waals surface area (Å²) in [6, 6.07) is 26.3. The number of non-ortho nitro benzene ring substituents is 1. The van der Waals surface area contributed by atoms with Gasteiger partial charge in [0.2, 0.25) is 0 Å². The standard InChI is InChI=1S/C20H17N3O2/c24-23(25)20-13-11-17(12-14-20)15-21-22(19-9-5-2-6-10-19)16-18-7-3-1-4-8-18/h1-15H,16H2/b21-15-. The van der Waals surface area contributed by atoms with E-state index < -0.39 is 4.92 Å². The normalized spacial score (nSPS) is 10.7. The highest BCUT2D eigenvalue weighted by molar-refractivity contribution is 5.80. The molecule has 0 saturated carbocycles. The Hall–Kier alpha value is -3.47. The fraction of sp³-hybridized carbons (Fsp3) is 0.0500. The van der Waals surface area contributed by atoms with E-state index in [-0.39, 0.29) is 5.69 Å². The second-order valence-electron chi connectivity index (χ2n) is 5.47. The van der Waals surface area contributed by atoms with Crippen LogP contribution >= 0.6 is 0 Å². The van der Waals surface area contributed by atoms with Gasteiger partial charge in [0.05, 0.1) is 23.4 Å². The minimum Gasteiger partial charge on any atom is -0.261 e. The Balaban J connectivity index is 1.83. The van der Waals surface area contributed by atoms with E-state index in [1.54, 1.807) is 18.3 Å². The van der Waals surface area contributed by atoms with Crippen LogP contribution in [0.5, 0.6) is 0 Å². The summed E-state index contributed by atoms with van der Waals surface area (Å²) in [6.07, 6.45) is 1.71. The third-order valence-corrected chi connectivity index (χ3v) is 3.68. The molecular formula is C20H17N3O2. The largest absolute Gasteiger partial charge is 0.269 e. The van der Waals surface area contributed by atoms with Gasteiger partial charge in [-0.05, 0) is 35.4 Å². The molecule has 0 aromatic heterocycles. The lowest BCUT2D eigenvalue weighted by Crippen LogP contribution is -2.15. The van der Waals surface area contributed by atoms with Crippen molar-refractivity contribution >= 4 is 17.6 Å². The zero-order chi connectivity index (χ0) is 17.5. The number of nitrogens with zero attached hydrogens (tertiary/aromatic N) is 3. The molecule has 3 aromatic carbocycles. The first-order valence-corrected chi connectivity index (χ1v) is 7.87. The summed E-state index contributed by atoms with van der Waals surface area (Å²) in [5.41, 5.74) is 3.00. The molecule has 25 heavy (non-hydrogen) atoms. The van der Waals surface area contributed by atoms with Crippen LogP contribution in [0.15, 0.2) is 90.0 Å². The van der Waals surface area contributed by atoms with Crippen LogP contribution in [0.25, 0.3) is 0 Å². The van der Waals surface area contributed by atoms with Gasteiger partial charge in [-0.15, -0.1) is 0 Å². The lowest BCUT2D eigenvalue weighted by Gasteiger charge is -2.19. The highest BCUT2D eigenvalue weighted by Gasteiger charge is 2.06. The molecule has 0 amide bonds. The lowest BCUT2D eigenvalue weighted by molar-refractivity contribution is -0.384. The molecule has 124 valence electrons. The summed E-state index contributed by atoms with van der Waals surface area (Å²) in [5.74, 6) is 0. The number of para-hydroxylation sites is 1. The number of hydrogen-bond donors (Lipinski definition) is 0. The molecule has 0 bridgehead atoms. The summed E-state index contributed by atoms with van der Waals surface area (Å²) in [7, 11) is 0. The van der Waals surface area contributed by atoms with Crippen molar-refractivity contribution in [2.24, 2.45) is 5.10 Å². The van der Waals surface area contributed by atoms with Crippen LogP contribution in [0, 0.1) is 10.1 Å². The maximum absolute atomic E-state index is 10.7. The highest BCUT2D eigenvalue weighted by Crippen LogP contribution is 2.17. The van der Waals surface area contributed by atoms with Gasteiger partial charge in [0.15, 0.2) is 0 Å². The van der Waals surface area contributed by atoms with E-state index in [1.165, 1.54) is 12.1 Å². The summed E-state index contributed by atoms with van der Waals surface area (Å²) < 4.78 is 0. The molecule has 5 heteroatoms. The Morgan fingerprint density at radius 1 is 0.880 bits per heavy atom. The Bertz CT molecular complexity index is 847. The summed E-state index contributed by atoms with van der Waals surface area (Å²) in [4.78, 5) is 10.3. The van der Waals surface area contributed by atoms with E-state index >= 15 is 0 Å². The van der Waals surface area contributed by atoms with E-state index in [4.69, 9.17) is 0 Å². The summed E-state index contributed by atoms with van der Waals surface area (Å²) in [6.45, 7) is 0.633. The van der Waals surface area contributed by atoms with Crippen LogP contribution < -0.4 is 5.01 Å². The minimum absolute atomic E-state index is 0.0707. The number of rotatable bonds is 6. The second-order valence-corrected chi connectivity index (χ2v) is 5.47. The number of nitro benzene ring substituents is 1. The number of hydrazone groups is 1. The fourth-order valence-corrected chi connectivity index (χ4v) is 2.37. The zero-order valence-corrected chi connectivity index (χ0v) is 13.5. The first-order valence-electron chi connectivity index (χ1n) is 7.87. The molecule has 0 aliphatic carbocycles. The van der Waals surface area contributed by atoms with E-state index in [9.17, 15) is 10.1 Å². The predicted molar refractivity (Wildman–Crippen MR) is 99.8 cm³/mol. The Kier molecular flexibility index (Phi) is 5.16. The van der Waals surface area contributed by atoms with Crippen LogP contribution in [0.3, 0.4) is 0 Å². The molecule has 0 aliphatic rings. The van der Waals surface area contributed by atoms with Gasteiger partial charge in [0.1, 0.15) is 0 Å². The molecule has 0 saturated heterocycles. The van der Waals surface area contributed by atoms with Crippen molar-refractivity contribution in [3.8, 4) is 0 Å². The fourth-order valence-electron chi connectivity index (χ4n) is 2.37. The predicted octanol–water partition coefficient (Wildman–Crippen LogP) is 4.64. The first-order chi connectivity index (χ1) is 12.2. The van der Waals surface area contributed by atoms with Crippen LogP contribution in [0.1, 0.15) is 11.1 Å². The topological polar surface area (TPSA) is 58.7 Å². The van der Waals surface area contributed by atoms with E-state index in [0.717, 1.165) is 16.8 Å². The smallest absolute Gasteiger partial charge is 0.261 e. The van der Waals surface area contributed by atoms with Gasteiger partial charge in [-0.2, -0.15) is 5.10 Å². The van der Waals surface area contributed by atoms with Gasteiger partial charge in [-0.3, -0.25) is 15.1 Å². The Morgan fingerprint density at radius 2 is 1.48 bits per heavy atom. The van der Waals surface area contributed by atoms with Crippen molar-refractivity contribution < 1.29 is 4.92 Å². The van der Waals surface area contributed by atoms with Crippen LogP contribution in [-0.2, 0) is 6.54 Å². The average molecular weight is 331 g/mol. The quantitative estimate of drug-likeness (QED) is 0.376. The summed E-state index contributed by atoms with van der Waals surface area (Å²) in [5, 5.41) is 17.2. The molecule has 5 nitrogen and oxygen atoms in total. The second kappa shape index (κ2) is 7.88. The maximum atomic E-state index is 10.7. The highest BCUT2D eigenvalue weighted by atomic mass is 16.6. The monoisotopic (exact) mass is 331 g/mol. The molecule has 0 spiro atoms. The van der Waals surface area contributed by atoms with Gasteiger partial charge >= 0.3 is 0 Å². The third-order valence-electron chi connectivity index (χ3n) is 3.68. The Morgan fingerprint density at radius 3 is 2.08 bits per heavy atom. The van der Waals surface area contributed by atoms with Gasteiger partial charge < -0.3 is 0 Å². The molecule has 0 N–H and O–H groups in total. The van der Waals surface area contributed by atoms with E-state index in [1.807, 2.05) is 53.5 Å². The summed E-state index contributed by atoms with van der Waals surface area (Å²) >= 11 is 0. The van der Waals surface area contributed by atoms with Crippen LogP contribution in [0.4, 0.5) is 11.4 Å². The van der Waals surface area contributed by atoms with Crippen LogP contribution in [-0.4, -0.2) is 11.1 Å². The SMILES string of the molecule is O=[N+]([O-])c1ccc(/C=N\N(Cc2ccccc2)c2ccccc2)cc1. The molecular weight excluding hydrogens is 314 g/mol. The van der Waals surface area contributed by atoms with Crippen molar-refractivity contribution in [1.29, 1.82) is 0 Å². The number of nitro groups is 1. The maximum Gasteiger partial charge on any atom is 0.269 e. The minimum atomic E-state index is -0.410. The number of anilines is 1.